The van der Waals surface area contributed by atoms with Gasteiger partial charge in [0.2, 0.25) is 0 Å². The van der Waals surface area contributed by atoms with Gasteiger partial charge in [0.25, 0.3) is 0 Å². The van der Waals surface area contributed by atoms with Crippen LogP contribution in [0.15, 0.2) is 97.1 Å². The second-order valence-corrected chi connectivity index (χ2v) is 15.8. The lowest BCUT2D eigenvalue weighted by Crippen LogP contribution is -2.51. The molecule has 0 saturated carbocycles. The molecule has 6 aromatic rings. The quantitative estimate of drug-likeness (QED) is 0.0985. The second kappa shape index (κ2) is 15.8. The Morgan fingerprint density at radius 1 is 0.544 bits per heavy atom. The van der Waals surface area contributed by atoms with E-state index in [4.69, 9.17) is 4.74 Å². The number of hydrogen-bond acceptors (Lipinski definition) is 3. The molecule has 2 aromatic heterocycles. The van der Waals surface area contributed by atoms with Crippen LogP contribution in [0.25, 0.3) is 21.8 Å². The summed E-state index contributed by atoms with van der Waals surface area (Å²) in [5.74, 6) is -1.44. The number of H-pyrrole nitrogens is 2. The number of rotatable bonds is 11. The van der Waals surface area contributed by atoms with Crippen molar-refractivity contribution in [3.63, 3.8) is 0 Å². The molecule has 6 rings (SSSR count). The number of nitrogens with one attached hydrogen (secondary N) is 2. The average Bonchev–Trinajstić information content (AvgIpc) is 3.69. The van der Waals surface area contributed by atoms with E-state index in [9.17, 15) is 49.7 Å². The van der Waals surface area contributed by atoms with E-state index in [1.54, 1.807) is 50.2 Å². The summed E-state index contributed by atoms with van der Waals surface area (Å²) in [5.41, 5.74) is -6.37. The maximum absolute atomic E-state index is 14.0. The summed E-state index contributed by atoms with van der Waals surface area (Å²) in [4.78, 5) is 5.67. The van der Waals surface area contributed by atoms with Gasteiger partial charge in [-0.3, -0.25) is 0 Å². The van der Waals surface area contributed by atoms with Gasteiger partial charge in [0, 0.05) is 40.8 Å². The molecule has 306 valence electrons. The maximum atomic E-state index is 14.0. The first kappa shape index (κ1) is 43.2. The van der Waals surface area contributed by atoms with Crippen LogP contribution in [-0.2, 0) is 23.7 Å². The summed E-state index contributed by atoms with van der Waals surface area (Å²) in [6, 6.07) is 23.1. The molecule has 5 nitrogen and oxygen atoms in total. The van der Waals surface area contributed by atoms with E-state index in [2.05, 4.69) is 9.97 Å². The fourth-order valence-electron chi connectivity index (χ4n) is 7.42. The van der Waals surface area contributed by atoms with Crippen LogP contribution in [0.2, 0.25) is 0 Å². The Morgan fingerprint density at radius 3 is 1.61 bits per heavy atom. The van der Waals surface area contributed by atoms with Gasteiger partial charge in [0.05, 0.1) is 7.11 Å². The summed E-state index contributed by atoms with van der Waals surface area (Å²) in [6.07, 6.45) is -12.5. The molecule has 0 amide bonds. The minimum Gasteiger partial charge on any atom is -0.496 e. The smallest absolute Gasteiger partial charge is 0.417 e. The monoisotopic (exact) mass is 806 g/mol. The van der Waals surface area contributed by atoms with Crippen LogP contribution in [-0.4, -0.2) is 50.8 Å². The van der Waals surface area contributed by atoms with Crippen molar-refractivity contribution in [2.75, 3.05) is 7.11 Å². The zero-order chi connectivity index (χ0) is 42.2. The predicted octanol–water partition coefficient (Wildman–Crippen LogP) is 11.2. The zero-order valence-corrected chi connectivity index (χ0v) is 31.8. The van der Waals surface area contributed by atoms with Gasteiger partial charge in [0.15, 0.2) is 11.2 Å². The van der Waals surface area contributed by atoms with Crippen molar-refractivity contribution < 1.29 is 54.5 Å². The molecular weight excluding hydrogens is 763 g/mol. The maximum Gasteiger partial charge on any atom is 0.417 e. The van der Waals surface area contributed by atoms with Crippen molar-refractivity contribution in [2.24, 2.45) is 0 Å². The van der Waals surface area contributed by atoms with E-state index in [-0.39, 0.29) is 17.0 Å². The van der Waals surface area contributed by atoms with E-state index < -0.39 is 77.5 Å². The Balaban J connectivity index is 0.000000219. The molecule has 0 radical (unpaired) electrons. The van der Waals surface area contributed by atoms with E-state index in [1.807, 2.05) is 0 Å². The number of benzene rings is 4. The van der Waals surface area contributed by atoms with Crippen molar-refractivity contribution in [2.45, 2.75) is 87.8 Å². The van der Waals surface area contributed by atoms with Gasteiger partial charge in [-0.15, -0.1) is 0 Å². The van der Waals surface area contributed by atoms with Crippen molar-refractivity contribution >= 4 is 21.8 Å². The normalized spacial score (nSPS) is 14.9. The van der Waals surface area contributed by atoms with Crippen molar-refractivity contribution in [3.8, 4) is 5.75 Å². The SMILES string of the molecule is CC(C)(CC(O)(Cc1cc2ccccc2[nH]1)C(F)(F)F)c1cccc(F)c1.COc1ccc(F)cc1C(C)(C)CC(O)(Cc1cc2ccc(F)cc2[nH]1)C(F)(F)F. The molecule has 4 aromatic carbocycles. The summed E-state index contributed by atoms with van der Waals surface area (Å²) in [7, 11) is 1.34. The van der Waals surface area contributed by atoms with Crippen LogP contribution in [0.5, 0.6) is 5.75 Å². The molecule has 0 aliphatic carbocycles. The van der Waals surface area contributed by atoms with Gasteiger partial charge in [-0.25, -0.2) is 13.2 Å². The van der Waals surface area contributed by atoms with Crippen LogP contribution in [0.3, 0.4) is 0 Å². The van der Waals surface area contributed by atoms with Crippen molar-refractivity contribution in [3.05, 3.63) is 137 Å². The molecule has 57 heavy (non-hydrogen) atoms. The first-order valence-electron chi connectivity index (χ1n) is 17.9. The summed E-state index contributed by atoms with van der Waals surface area (Å²) in [5, 5.41) is 22.7. The lowest BCUT2D eigenvalue weighted by Gasteiger charge is -2.38. The molecule has 2 atom stereocenters. The summed E-state index contributed by atoms with van der Waals surface area (Å²) < 4.78 is 129. The zero-order valence-electron chi connectivity index (χ0n) is 31.8. The number of methoxy groups -OCH3 is 1. The number of aliphatic hydroxyl groups is 2. The molecule has 0 saturated heterocycles. The Morgan fingerprint density at radius 2 is 1.05 bits per heavy atom. The molecule has 4 N–H and O–H groups in total. The highest BCUT2D eigenvalue weighted by atomic mass is 19.4. The Bertz CT molecular complexity index is 2290. The number of aromatic amines is 2. The largest absolute Gasteiger partial charge is 0.496 e. The molecular formula is C43H43F9N2O3. The lowest BCUT2D eigenvalue weighted by molar-refractivity contribution is -0.266. The molecule has 0 aliphatic rings. The van der Waals surface area contributed by atoms with Gasteiger partial charge in [-0.2, -0.15) is 26.3 Å². The van der Waals surface area contributed by atoms with E-state index in [1.165, 1.54) is 69.5 Å². The third kappa shape index (κ3) is 9.78. The van der Waals surface area contributed by atoms with E-state index >= 15 is 0 Å². The third-order valence-corrected chi connectivity index (χ3v) is 10.2. The Kier molecular flexibility index (Phi) is 11.9. The topological polar surface area (TPSA) is 81.3 Å². The molecule has 2 unspecified atom stereocenters. The Labute approximate surface area is 323 Å². The minimum atomic E-state index is -4.96. The van der Waals surface area contributed by atoms with Crippen LogP contribution in [0.4, 0.5) is 39.5 Å². The van der Waals surface area contributed by atoms with E-state index in [0.29, 0.717) is 27.7 Å². The third-order valence-electron chi connectivity index (χ3n) is 10.2. The lowest BCUT2D eigenvalue weighted by atomic mass is 9.73. The molecule has 0 aliphatic heterocycles. The molecule has 2 heterocycles. The van der Waals surface area contributed by atoms with Gasteiger partial charge >= 0.3 is 12.4 Å². The van der Waals surface area contributed by atoms with Crippen LogP contribution in [0, 0.1) is 17.5 Å². The summed E-state index contributed by atoms with van der Waals surface area (Å²) >= 11 is 0. The van der Waals surface area contributed by atoms with E-state index in [0.717, 1.165) is 17.5 Å². The number of aromatic nitrogens is 2. The highest BCUT2D eigenvalue weighted by Crippen LogP contribution is 2.46. The number of halogens is 9. The molecule has 0 fully saturated rings. The van der Waals surface area contributed by atoms with Crippen molar-refractivity contribution in [1.29, 1.82) is 0 Å². The molecule has 14 heteroatoms. The highest BCUT2D eigenvalue weighted by molar-refractivity contribution is 5.81. The summed E-state index contributed by atoms with van der Waals surface area (Å²) in [6.45, 7) is 6.12. The fraction of sp³-hybridized carbons (Fsp3) is 0.349. The first-order valence-corrected chi connectivity index (χ1v) is 17.9. The standard InChI is InChI=1S/C22H22F5NO2.C21H21F4NO/c1-20(2,17-9-14(23)6-7-19(17)30-3)12-21(29,22(25,26)27)11-16-8-13-4-5-15(24)10-18(13)28-16;1-19(2,15-7-5-8-16(22)11-15)13-20(27,21(23,24)25)12-17-10-14-6-3-4-9-18(14)26-17/h4-10,28-29H,11-12H2,1-3H3;3-11,26-27H,12-13H2,1-2H3. The molecule has 0 spiro atoms. The number of alkyl halides is 6. The number of hydrogen-bond donors (Lipinski definition) is 4. The number of fused-ring (bicyclic) bond motifs is 2. The highest BCUT2D eigenvalue weighted by Gasteiger charge is 2.57. The van der Waals surface area contributed by atoms with Gasteiger partial charge in [0.1, 0.15) is 23.2 Å². The van der Waals surface area contributed by atoms with Gasteiger partial charge in [-0.05, 0) is 107 Å². The predicted molar refractivity (Wildman–Crippen MR) is 201 cm³/mol. The Hall–Kier alpha value is -4.95. The number of ether oxygens (including phenoxy) is 1. The number of para-hydroxylation sites is 1. The van der Waals surface area contributed by atoms with Gasteiger partial charge < -0.3 is 24.9 Å². The average molecular weight is 807 g/mol. The molecule has 0 bridgehead atoms. The van der Waals surface area contributed by atoms with Crippen LogP contribution >= 0.6 is 0 Å². The first-order chi connectivity index (χ1) is 26.3. The van der Waals surface area contributed by atoms with Crippen LogP contribution < -0.4 is 4.74 Å². The van der Waals surface area contributed by atoms with Gasteiger partial charge in [-0.1, -0.05) is 58.0 Å². The van der Waals surface area contributed by atoms with Crippen LogP contribution in [0.1, 0.15) is 63.1 Å². The minimum absolute atomic E-state index is 0.109. The fourth-order valence-corrected chi connectivity index (χ4v) is 7.42. The second-order valence-electron chi connectivity index (χ2n) is 15.8. The van der Waals surface area contributed by atoms with Crippen molar-refractivity contribution in [1.82, 2.24) is 9.97 Å².